The highest BCUT2D eigenvalue weighted by Crippen LogP contribution is 2.60. The number of fused-ring (bicyclic) bond motifs is 1. The van der Waals surface area contributed by atoms with E-state index in [4.69, 9.17) is 10.5 Å². The number of carbonyl (C=O) groups excluding carboxylic acids is 1. The van der Waals surface area contributed by atoms with Crippen molar-refractivity contribution >= 4 is 5.91 Å². The van der Waals surface area contributed by atoms with Crippen molar-refractivity contribution in [2.45, 2.75) is 25.4 Å². The van der Waals surface area contributed by atoms with Crippen LogP contribution in [-0.2, 0) is 9.53 Å². The standard InChI is InChI=1S/C9H13NO2/c10-8(11)9-3-5-1-6(9)7(2-5)12-4-9/h5-7H,1-4H2,(H2,10,11)/t5-,6+,7-,9+/m0/s1. The Morgan fingerprint density at radius 3 is 2.92 bits per heavy atom. The molecule has 3 rings (SSSR count). The Labute approximate surface area is 71.3 Å². The van der Waals surface area contributed by atoms with Crippen molar-refractivity contribution in [1.82, 2.24) is 0 Å². The van der Waals surface area contributed by atoms with E-state index < -0.39 is 0 Å². The summed E-state index contributed by atoms with van der Waals surface area (Å²) in [5.41, 5.74) is 5.18. The maximum absolute atomic E-state index is 11.3. The highest BCUT2D eigenvalue weighted by atomic mass is 16.5. The first-order valence-corrected chi connectivity index (χ1v) is 4.64. The van der Waals surface area contributed by atoms with E-state index in [1.807, 2.05) is 0 Å². The first kappa shape index (κ1) is 6.89. The van der Waals surface area contributed by atoms with Crippen molar-refractivity contribution in [3.63, 3.8) is 0 Å². The van der Waals surface area contributed by atoms with Gasteiger partial charge in [0.15, 0.2) is 0 Å². The minimum absolute atomic E-state index is 0.128. The van der Waals surface area contributed by atoms with Gasteiger partial charge in [0.2, 0.25) is 5.91 Å². The zero-order valence-corrected chi connectivity index (χ0v) is 6.95. The molecule has 1 aliphatic heterocycles. The lowest BCUT2D eigenvalue weighted by molar-refractivity contribution is -0.129. The van der Waals surface area contributed by atoms with E-state index >= 15 is 0 Å². The van der Waals surface area contributed by atoms with Gasteiger partial charge in [0.05, 0.1) is 18.1 Å². The van der Waals surface area contributed by atoms with E-state index in [1.165, 1.54) is 12.8 Å². The fourth-order valence-corrected chi connectivity index (χ4v) is 3.47. The first-order chi connectivity index (χ1) is 5.72. The van der Waals surface area contributed by atoms with Crippen molar-refractivity contribution in [2.75, 3.05) is 6.61 Å². The summed E-state index contributed by atoms with van der Waals surface area (Å²) in [6.07, 6.45) is 3.69. The molecule has 66 valence electrons. The molecule has 4 atom stereocenters. The molecule has 3 aliphatic rings. The molecule has 2 N–H and O–H groups in total. The van der Waals surface area contributed by atoms with Gasteiger partial charge in [-0.1, -0.05) is 0 Å². The van der Waals surface area contributed by atoms with Gasteiger partial charge >= 0.3 is 0 Å². The topological polar surface area (TPSA) is 52.3 Å². The van der Waals surface area contributed by atoms with Crippen LogP contribution in [0.3, 0.4) is 0 Å². The Hall–Kier alpha value is -0.570. The van der Waals surface area contributed by atoms with Gasteiger partial charge < -0.3 is 10.5 Å². The van der Waals surface area contributed by atoms with E-state index in [9.17, 15) is 4.79 Å². The maximum Gasteiger partial charge on any atom is 0.226 e. The molecular weight excluding hydrogens is 154 g/mol. The molecular formula is C9H13NO2. The summed E-state index contributed by atoms with van der Waals surface area (Å²) < 4.78 is 5.59. The zero-order chi connectivity index (χ0) is 8.34. The first-order valence-electron chi connectivity index (χ1n) is 4.64. The number of ether oxygens (including phenoxy) is 1. The number of hydrogen-bond acceptors (Lipinski definition) is 2. The smallest absolute Gasteiger partial charge is 0.226 e. The summed E-state index contributed by atoms with van der Waals surface area (Å²) in [6, 6.07) is 0. The Kier molecular flexibility index (Phi) is 1.06. The molecule has 2 bridgehead atoms. The van der Waals surface area contributed by atoms with Crippen LogP contribution in [0.15, 0.2) is 0 Å². The average molecular weight is 167 g/mol. The summed E-state index contributed by atoms with van der Waals surface area (Å²) in [5.74, 6) is 1.05. The third-order valence-electron chi connectivity index (χ3n) is 4.01. The lowest BCUT2D eigenvalue weighted by Gasteiger charge is -2.27. The summed E-state index contributed by atoms with van der Waals surface area (Å²) in [4.78, 5) is 11.3. The number of rotatable bonds is 1. The van der Waals surface area contributed by atoms with Crippen molar-refractivity contribution in [3.05, 3.63) is 0 Å². The highest BCUT2D eigenvalue weighted by molar-refractivity contribution is 5.82. The van der Waals surface area contributed by atoms with Gasteiger partial charge in [-0.25, -0.2) is 0 Å². The highest BCUT2D eigenvalue weighted by Gasteiger charge is 2.63. The van der Waals surface area contributed by atoms with Crippen LogP contribution < -0.4 is 5.73 Å². The second-order valence-electron chi connectivity index (χ2n) is 4.52. The molecule has 0 aromatic heterocycles. The monoisotopic (exact) mass is 167 g/mol. The molecule has 3 fully saturated rings. The summed E-state index contributed by atoms with van der Waals surface area (Å²) >= 11 is 0. The normalized spacial score (nSPS) is 54.8. The summed E-state index contributed by atoms with van der Waals surface area (Å²) in [5, 5.41) is 0. The van der Waals surface area contributed by atoms with Crippen LogP contribution in [-0.4, -0.2) is 18.6 Å². The minimum Gasteiger partial charge on any atom is -0.377 e. The molecule has 0 radical (unpaired) electrons. The van der Waals surface area contributed by atoms with E-state index in [0.717, 1.165) is 12.3 Å². The molecule has 12 heavy (non-hydrogen) atoms. The molecule has 0 aromatic carbocycles. The molecule has 1 saturated heterocycles. The number of amides is 1. The van der Waals surface area contributed by atoms with Crippen LogP contribution in [0.25, 0.3) is 0 Å². The molecule has 0 aromatic rings. The van der Waals surface area contributed by atoms with Crippen LogP contribution >= 0.6 is 0 Å². The SMILES string of the molecule is NC(=O)[C@]12CO[C@H]3C[C@H](C[C@H]31)C2. The summed E-state index contributed by atoms with van der Waals surface area (Å²) in [7, 11) is 0. The quantitative estimate of drug-likeness (QED) is 0.610. The lowest BCUT2D eigenvalue weighted by atomic mass is 9.74. The number of carbonyl (C=O) groups is 1. The van der Waals surface area contributed by atoms with Gasteiger partial charge in [-0.05, 0) is 25.2 Å². The molecule has 3 heteroatoms. The van der Waals surface area contributed by atoms with Gasteiger partial charge in [-0.3, -0.25) is 4.79 Å². The van der Waals surface area contributed by atoms with Gasteiger partial charge in [0, 0.05) is 5.92 Å². The molecule has 0 unspecified atom stereocenters. The van der Waals surface area contributed by atoms with Crippen LogP contribution in [0.5, 0.6) is 0 Å². The fraction of sp³-hybridized carbons (Fsp3) is 0.889. The molecule has 3 nitrogen and oxygen atoms in total. The second-order valence-corrected chi connectivity index (χ2v) is 4.52. The van der Waals surface area contributed by atoms with Crippen molar-refractivity contribution in [3.8, 4) is 0 Å². The third-order valence-corrected chi connectivity index (χ3v) is 4.01. The zero-order valence-electron chi connectivity index (χ0n) is 6.95. The van der Waals surface area contributed by atoms with E-state index in [1.54, 1.807) is 0 Å². The molecule has 0 spiro atoms. The Morgan fingerprint density at radius 2 is 2.33 bits per heavy atom. The minimum atomic E-state index is -0.256. The number of hydrogen-bond donors (Lipinski definition) is 1. The Morgan fingerprint density at radius 1 is 1.50 bits per heavy atom. The predicted molar refractivity (Wildman–Crippen MR) is 42.2 cm³/mol. The van der Waals surface area contributed by atoms with E-state index in [-0.39, 0.29) is 11.3 Å². The molecule has 2 saturated carbocycles. The third kappa shape index (κ3) is 0.565. The molecule has 1 heterocycles. The van der Waals surface area contributed by atoms with Crippen molar-refractivity contribution in [1.29, 1.82) is 0 Å². The molecule has 1 amide bonds. The average Bonchev–Trinajstić information content (AvgIpc) is 2.55. The Balaban J connectivity index is 2.04. The lowest BCUT2D eigenvalue weighted by Crippen LogP contribution is -2.42. The number of nitrogens with two attached hydrogens (primary N) is 1. The molecule has 2 aliphatic carbocycles. The van der Waals surface area contributed by atoms with Crippen LogP contribution in [0, 0.1) is 17.3 Å². The van der Waals surface area contributed by atoms with Gasteiger partial charge in [0.25, 0.3) is 0 Å². The Bertz CT molecular complexity index is 253. The largest absolute Gasteiger partial charge is 0.377 e. The van der Waals surface area contributed by atoms with Gasteiger partial charge in [-0.2, -0.15) is 0 Å². The van der Waals surface area contributed by atoms with E-state index in [0.29, 0.717) is 18.6 Å². The fourth-order valence-electron chi connectivity index (χ4n) is 3.47. The van der Waals surface area contributed by atoms with Crippen LogP contribution in [0.4, 0.5) is 0 Å². The second kappa shape index (κ2) is 1.84. The predicted octanol–water partition coefficient (Wildman–Crippen LogP) is 0.287. The van der Waals surface area contributed by atoms with Crippen LogP contribution in [0.1, 0.15) is 19.3 Å². The van der Waals surface area contributed by atoms with Crippen molar-refractivity contribution < 1.29 is 9.53 Å². The number of primary amides is 1. The van der Waals surface area contributed by atoms with Gasteiger partial charge in [-0.15, -0.1) is 0 Å². The van der Waals surface area contributed by atoms with Crippen LogP contribution in [0.2, 0.25) is 0 Å². The maximum atomic E-state index is 11.3. The summed E-state index contributed by atoms with van der Waals surface area (Å²) in [6.45, 7) is 0.591. The van der Waals surface area contributed by atoms with Crippen molar-refractivity contribution in [2.24, 2.45) is 23.0 Å². The van der Waals surface area contributed by atoms with Gasteiger partial charge in [0.1, 0.15) is 0 Å². The van der Waals surface area contributed by atoms with E-state index in [2.05, 4.69) is 0 Å².